The molecule has 0 atom stereocenters. The molecule has 0 spiro atoms. The number of halogens is 2. The quantitative estimate of drug-likeness (QED) is 0.515. The molecule has 2 heterocycles. The second-order valence-corrected chi connectivity index (χ2v) is 7.58. The molecule has 0 unspecified atom stereocenters. The zero-order valence-corrected chi connectivity index (χ0v) is 16.6. The second kappa shape index (κ2) is 7.01. The van der Waals surface area contributed by atoms with Gasteiger partial charge in [-0.25, -0.2) is 4.90 Å². The highest BCUT2D eigenvalue weighted by molar-refractivity contribution is 14.1. The van der Waals surface area contributed by atoms with Crippen LogP contribution in [-0.2, 0) is 9.59 Å². The van der Waals surface area contributed by atoms with Crippen LogP contribution in [0.2, 0.25) is 0 Å². The highest BCUT2D eigenvalue weighted by atomic mass is 127. The summed E-state index contributed by atoms with van der Waals surface area (Å²) in [6.45, 7) is 8.15. The highest BCUT2D eigenvalue weighted by Crippen LogP contribution is 2.33. The molecule has 3 rings (SSSR count). The fraction of sp³-hybridized carbons (Fsp3) is 0.412. The smallest absolute Gasteiger partial charge is 0.283 e. The van der Waals surface area contributed by atoms with Gasteiger partial charge < -0.3 is 9.80 Å². The van der Waals surface area contributed by atoms with Crippen molar-refractivity contribution in [1.29, 1.82) is 0 Å². The van der Waals surface area contributed by atoms with Gasteiger partial charge in [0.05, 0.1) is 5.69 Å². The maximum absolute atomic E-state index is 12.9. The number of likely N-dealkylation sites (N-methyl/N-ethyl adjacent to an activating group) is 1. The standard InChI is InChI=1S/C17H19ClIN3O2/c1-3-20-6-8-21(9-7-20)15-14(18)16(23)22(17(15)24)13-5-4-12(19)10-11(13)2/h4-5,10H,3,6-9H2,1-2H3. The Hall–Kier alpha value is -1.12. The number of carbonyl (C=O) groups excluding carboxylic acids is 2. The molecule has 2 amide bonds. The molecule has 1 fully saturated rings. The van der Waals surface area contributed by atoms with Crippen LogP contribution < -0.4 is 4.90 Å². The summed E-state index contributed by atoms with van der Waals surface area (Å²) in [6.07, 6.45) is 0. The van der Waals surface area contributed by atoms with Gasteiger partial charge in [-0.15, -0.1) is 0 Å². The van der Waals surface area contributed by atoms with E-state index in [4.69, 9.17) is 11.6 Å². The van der Waals surface area contributed by atoms with Crippen molar-refractivity contribution in [2.75, 3.05) is 37.6 Å². The summed E-state index contributed by atoms with van der Waals surface area (Å²) in [7, 11) is 0. The Morgan fingerprint density at radius 1 is 1.12 bits per heavy atom. The van der Waals surface area contributed by atoms with Crippen molar-refractivity contribution in [2.45, 2.75) is 13.8 Å². The molecule has 24 heavy (non-hydrogen) atoms. The van der Waals surface area contributed by atoms with Crippen molar-refractivity contribution in [3.63, 3.8) is 0 Å². The summed E-state index contributed by atoms with van der Waals surface area (Å²) in [4.78, 5) is 31.0. The Morgan fingerprint density at radius 3 is 2.38 bits per heavy atom. The summed E-state index contributed by atoms with van der Waals surface area (Å²) in [6, 6.07) is 5.63. The van der Waals surface area contributed by atoms with Crippen LogP contribution in [0.4, 0.5) is 5.69 Å². The van der Waals surface area contributed by atoms with Crippen molar-refractivity contribution < 1.29 is 9.59 Å². The van der Waals surface area contributed by atoms with Crippen LogP contribution in [0.1, 0.15) is 12.5 Å². The van der Waals surface area contributed by atoms with Crippen LogP contribution in [0.3, 0.4) is 0 Å². The van der Waals surface area contributed by atoms with E-state index in [-0.39, 0.29) is 10.9 Å². The average Bonchev–Trinajstić information content (AvgIpc) is 2.78. The number of aryl methyl sites for hydroxylation is 1. The van der Waals surface area contributed by atoms with E-state index in [0.717, 1.165) is 28.8 Å². The molecular formula is C17H19ClIN3O2. The van der Waals surface area contributed by atoms with Gasteiger partial charge in [0.25, 0.3) is 11.8 Å². The van der Waals surface area contributed by atoms with E-state index in [1.165, 1.54) is 4.90 Å². The molecule has 0 saturated carbocycles. The first-order chi connectivity index (χ1) is 11.4. The van der Waals surface area contributed by atoms with E-state index >= 15 is 0 Å². The first kappa shape index (κ1) is 17.7. The minimum atomic E-state index is -0.432. The van der Waals surface area contributed by atoms with Gasteiger partial charge in [-0.2, -0.15) is 0 Å². The van der Waals surface area contributed by atoms with Crippen LogP contribution in [0.25, 0.3) is 0 Å². The predicted molar refractivity (Wildman–Crippen MR) is 103 cm³/mol. The molecule has 1 aromatic rings. The lowest BCUT2D eigenvalue weighted by Gasteiger charge is -2.35. The third kappa shape index (κ3) is 3.07. The molecule has 0 aliphatic carbocycles. The van der Waals surface area contributed by atoms with Crippen LogP contribution >= 0.6 is 34.2 Å². The molecule has 1 aromatic carbocycles. The fourth-order valence-electron chi connectivity index (χ4n) is 3.14. The lowest BCUT2D eigenvalue weighted by molar-refractivity contribution is -0.121. The number of amides is 2. The molecule has 0 radical (unpaired) electrons. The Kier molecular flexibility index (Phi) is 5.17. The fourth-order valence-corrected chi connectivity index (χ4v) is 4.07. The minimum Gasteiger partial charge on any atom is -0.363 e. The van der Waals surface area contributed by atoms with E-state index in [1.54, 1.807) is 6.07 Å². The third-order valence-electron chi connectivity index (χ3n) is 4.54. The Labute approximate surface area is 160 Å². The molecule has 5 nitrogen and oxygen atoms in total. The summed E-state index contributed by atoms with van der Waals surface area (Å²) in [5, 5.41) is 0.0305. The lowest BCUT2D eigenvalue weighted by atomic mass is 10.2. The predicted octanol–water partition coefficient (Wildman–Crippen LogP) is 2.56. The third-order valence-corrected chi connectivity index (χ3v) is 5.55. The van der Waals surface area contributed by atoms with Crippen molar-refractivity contribution in [3.05, 3.63) is 38.1 Å². The Morgan fingerprint density at radius 2 is 1.79 bits per heavy atom. The average molecular weight is 460 g/mol. The van der Waals surface area contributed by atoms with Crippen LogP contribution in [-0.4, -0.2) is 54.3 Å². The summed E-state index contributed by atoms with van der Waals surface area (Å²) < 4.78 is 1.06. The van der Waals surface area contributed by atoms with Gasteiger partial charge in [-0.05, 0) is 59.8 Å². The number of nitrogens with zero attached hydrogens (tertiary/aromatic N) is 3. The lowest BCUT2D eigenvalue weighted by Crippen LogP contribution is -2.47. The topological polar surface area (TPSA) is 43.9 Å². The van der Waals surface area contributed by atoms with Crippen molar-refractivity contribution in [2.24, 2.45) is 0 Å². The molecule has 2 aliphatic heterocycles. The number of carbonyl (C=O) groups is 2. The second-order valence-electron chi connectivity index (χ2n) is 5.96. The van der Waals surface area contributed by atoms with E-state index in [9.17, 15) is 9.59 Å². The van der Waals surface area contributed by atoms with Crippen molar-refractivity contribution in [1.82, 2.24) is 9.80 Å². The van der Waals surface area contributed by atoms with E-state index in [2.05, 4.69) is 34.4 Å². The maximum atomic E-state index is 12.9. The number of imide groups is 1. The SMILES string of the molecule is CCN1CCN(C2=C(Cl)C(=O)N(c3ccc(I)cc3C)C2=O)CC1. The van der Waals surface area contributed by atoms with Crippen LogP contribution in [0.5, 0.6) is 0 Å². The van der Waals surface area contributed by atoms with Gasteiger partial charge in [0.2, 0.25) is 0 Å². The van der Waals surface area contributed by atoms with Gasteiger partial charge in [0.1, 0.15) is 10.7 Å². The maximum Gasteiger partial charge on any atom is 0.283 e. The number of benzene rings is 1. The Bertz CT molecular complexity index is 727. The zero-order chi connectivity index (χ0) is 17.4. The number of rotatable bonds is 3. The van der Waals surface area contributed by atoms with E-state index in [0.29, 0.717) is 24.5 Å². The monoisotopic (exact) mass is 459 g/mol. The van der Waals surface area contributed by atoms with Crippen molar-refractivity contribution >= 4 is 51.7 Å². The highest BCUT2D eigenvalue weighted by Gasteiger charge is 2.42. The zero-order valence-electron chi connectivity index (χ0n) is 13.7. The molecule has 7 heteroatoms. The number of piperazine rings is 1. The van der Waals surface area contributed by atoms with E-state index < -0.39 is 5.91 Å². The van der Waals surface area contributed by atoms with Gasteiger partial charge in [-0.1, -0.05) is 18.5 Å². The van der Waals surface area contributed by atoms with Gasteiger partial charge in [0.15, 0.2) is 0 Å². The number of hydrogen-bond acceptors (Lipinski definition) is 4. The van der Waals surface area contributed by atoms with Gasteiger partial charge >= 0.3 is 0 Å². The molecule has 0 bridgehead atoms. The molecule has 128 valence electrons. The first-order valence-corrected chi connectivity index (χ1v) is 9.41. The summed E-state index contributed by atoms with van der Waals surface area (Å²) in [5.74, 6) is -0.752. The molecule has 0 N–H and O–H groups in total. The Balaban J connectivity index is 1.88. The number of hydrogen-bond donors (Lipinski definition) is 0. The summed E-state index contributed by atoms with van der Waals surface area (Å²) in [5.41, 5.74) is 1.83. The van der Waals surface area contributed by atoms with Gasteiger partial charge in [-0.3, -0.25) is 9.59 Å². The molecule has 1 saturated heterocycles. The first-order valence-electron chi connectivity index (χ1n) is 7.96. The normalized spacial score (nSPS) is 19.7. The van der Waals surface area contributed by atoms with Crippen molar-refractivity contribution in [3.8, 4) is 0 Å². The van der Waals surface area contributed by atoms with E-state index in [1.807, 2.05) is 24.0 Å². The van der Waals surface area contributed by atoms with Crippen LogP contribution in [0, 0.1) is 10.5 Å². The largest absolute Gasteiger partial charge is 0.363 e. The van der Waals surface area contributed by atoms with Crippen LogP contribution in [0.15, 0.2) is 28.9 Å². The number of anilines is 1. The molecular weight excluding hydrogens is 441 g/mol. The minimum absolute atomic E-state index is 0.0305. The summed E-state index contributed by atoms with van der Waals surface area (Å²) >= 11 is 8.47. The van der Waals surface area contributed by atoms with Gasteiger partial charge in [0, 0.05) is 29.7 Å². The molecule has 2 aliphatic rings. The molecule has 0 aromatic heterocycles.